The van der Waals surface area contributed by atoms with E-state index in [4.69, 9.17) is 9.72 Å². The van der Waals surface area contributed by atoms with Gasteiger partial charge in [0.25, 0.3) is 0 Å². The fraction of sp³-hybridized carbons (Fsp3) is 0.500. The Balaban J connectivity index is 1.61. The second-order valence-electron chi connectivity index (χ2n) is 5.93. The average molecular weight is 350 g/mol. The minimum absolute atomic E-state index is 0.520. The van der Waals surface area contributed by atoms with E-state index in [0.29, 0.717) is 24.0 Å². The number of benzene rings is 1. The molecule has 1 aromatic carbocycles. The summed E-state index contributed by atoms with van der Waals surface area (Å²) in [4.78, 5) is 4.73. The van der Waals surface area contributed by atoms with Crippen molar-refractivity contribution in [2.45, 2.75) is 50.0 Å². The molecule has 0 bridgehead atoms. The van der Waals surface area contributed by atoms with Gasteiger partial charge in [0.15, 0.2) is 0 Å². The highest BCUT2D eigenvalue weighted by Gasteiger charge is 2.20. The Labute approximate surface area is 144 Å². The third kappa shape index (κ3) is 4.42. The molecular weight excluding hydrogens is 326 g/mol. The van der Waals surface area contributed by atoms with Gasteiger partial charge in [-0.05, 0) is 25.8 Å². The first kappa shape index (κ1) is 16.7. The maximum Gasteiger partial charge on any atom is 0.123 e. The first-order chi connectivity index (χ1) is 11.3. The normalized spacial score (nSPS) is 16.6. The molecule has 124 valence electrons. The van der Waals surface area contributed by atoms with Crippen molar-refractivity contribution < 1.29 is 8.95 Å². The fourth-order valence-corrected chi connectivity index (χ4v) is 5.32. The second-order valence-corrected chi connectivity index (χ2v) is 8.27. The van der Waals surface area contributed by atoms with Gasteiger partial charge in [-0.3, -0.25) is 4.21 Å². The molecule has 1 aliphatic carbocycles. The first-order valence-corrected chi connectivity index (χ1v) is 10.6. The first-order valence-electron chi connectivity index (χ1n) is 8.26. The van der Waals surface area contributed by atoms with Crippen LogP contribution in [0.1, 0.15) is 54.8 Å². The molecule has 0 N–H and O–H groups in total. The smallest absolute Gasteiger partial charge is 0.123 e. The van der Waals surface area contributed by atoms with Crippen molar-refractivity contribution in [2.24, 2.45) is 0 Å². The van der Waals surface area contributed by atoms with Crippen molar-refractivity contribution >= 4 is 22.1 Å². The Bertz CT molecular complexity index is 663. The Morgan fingerprint density at radius 2 is 2.04 bits per heavy atom. The van der Waals surface area contributed by atoms with Crippen molar-refractivity contribution in [2.75, 3.05) is 6.61 Å². The summed E-state index contributed by atoms with van der Waals surface area (Å²) in [6, 6.07) is 7.85. The van der Waals surface area contributed by atoms with Gasteiger partial charge in [-0.2, -0.15) is 0 Å². The molecule has 0 aliphatic heterocycles. The van der Waals surface area contributed by atoms with E-state index >= 15 is 0 Å². The summed E-state index contributed by atoms with van der Waals surface area (Å²) in [6.07, 6.45) is 5.16. The molecule has 0 saturated heterocycles. The van der Waals surface area contributed by atoms with Gasteiger partial charge in [-0.25, -0.2) is 4.98 Å². The van der Waals surface area contributed by atoms with E-state index in [1.54, 1.807) is 11.3 Å². The van der Waals surface area contributed by atoms with Crippen LogP contribution in [-0.2, 0) is 22.3 Å². The third-order valence-corrected chi connectivity index (χ3v) is 6.48. The quantitative estimate of drug-likeness (QED) is 0.730. The summed E-state index contributed by atoms with van der Waals surface area (Å²) in [5.74, 6) is 2.53. The number of thiazole rings is 1. The van der Waals surface area contributed by atoms with E-state index in [0.717, 1.165) is 17.0 Å². The van der Waals surface area contributed by atoms with Crippen LogP contribution >= 0.6 is 11.3 Å². The van der Waals surface area contributed by atoms with Crippen molar-refractivity contribution in [1.82, 2.24) is 4.98 Å². The lowest BCUT2D eigenvalue weighted by Crippen LogP contribution is -2.03. The zero-order valence-electron chi connectivity index (χ0n) is 13.5. The standard InChI is InChI=1S/C18H23NO2S2/c1-2-21-17-10-6-5-9-15(17)12-23(20)13-16-11-22-18(19-16)14-7-3-4-8-14/h5-6,9-11,14H,2-4,7-8,12-13H2,1H3/t23-/m0/s1. The number of hydrogen-bond acceptors (Lipinski definition) is 4. The minimum Gasteiger partial charge on any atom is -0.494 e. The Kier molecular flexibility index (Phi) is 5.84. The number of para-hydroxylation sites is 1. The summed E-state index contributed by atoms with van der Waals surface area (Å²) in [5.41, 5.74) is 1.99. The molecule has 2 aromatic rings. The van der Waals surface area contributed by atoms with Crippen molar-refractivity contribution in [3.63, 3.8) is 0 Å². The number of aromatic nitrogens is 1. The Morgan fingerprint density at radius 3 is 2.83 bits per heavy atom. The molecule has 5 heteroatoms. The summed E-state index contributed by atoms with van der Waals surface area (Å²) >= 11 is 1.74. The molecule has 0 spiro atoms. The van der Waals surface area contributed by atoms with Gasteiger partial charge in [-0.1, -0.05) is 31.0 Å². The molecule has 1 atom stereocenters. The van der Waals surface area contributed by atoms with Crippen molar-refractivity contribution in [1.29, 1.82) is 0 Å². The van der Waals surface area contributed by atoms with Gasteiger partial charge in [0.05, 0.1) is 28.8 Å². The summed E-state index contributed by atoms with van der Waals surface area (Å²) in [7, 11) is -0.960. The van der Waals surface area contributed by atoms with E-state index < -0.39 is 10.8 Å². The zero-order valence-corrected chi connectivity index (χ0v) is 15.1. The Morgan fingerprint density at radius 1 is 1.26 bits per heavy atom. The fourth-order valence-electron chi connectivity index (χ4n) is 3.06. The van der Waals surface area contributed by atoms with Crippen LogP contribution in [0.2, 0.25) is 0 Å². The van der Waals surface area contributed by atoms with Crippen LogP contribution in [0.3, 0.4) is 0 Å². The third-order valence-electron chi connectivity index (χ3n) is 4.17. The SMILES string of the molecule is CCOc1ccccc1C[S@](=O)Cc1csc(C2CCCC2)n1. The number of ether oxygens (including phenoxy) is 1. The highest BCUT2D eigenvalue weighted by Crippen LogP contribution is 2.35. The van der Waals surface area contributed by atoms with Crippen LogP contribution in [0, 0.1) is 0 Å². The number of hydrogen-bond donors (Lipinski definition) is 0. The molecule has 1 saturated carbocycles. The predicted molar refractivity (Wildman–Crippen MR) is 96.5 cm³/mol. The van der Waals surface area contributed by atoms with E-state index in [1.165, 1.54) is 30.7 Å². The lowest BCUT2D eigenvalue weighted by Gasteiger charge is -2.09. The molecule has 0 amide bonds. The highest BCUT2D eigenvalue weighted by atomic mass is 32.2. The summed E-state index contributed by atoms with van der Waals surface area (Å²) in [6.45, 7) is 2.59. The molecule has 3 rings (SSSR count). The van der Waals surface area contributed by atoms with Crippen molar-refractivity contribution in [3.05, 3.63) is 45.9 Å². The molecule has 0 radical (unpaired) electrons. The van der Waals surface area contributed by atoms with Crippen LogP contribution in [0.15, 0.2) is 29.6 Å². The molecule has 1 heterocycles. The summed E-state index contributed by atoms with van der Waals surface area (Å²) < 4.78 is 18.1. The number of nitrogens with zero attached hydrogens (tertiary/aromatic N) is 1. The van der Waals surface area contributed by atoms with E-state index in [9.17, 15) is 4.21 Å². The van der Waals surface area contributed by atoms with Crippen LogP contribution in [-0.4, -0.2) is 15.8 Å². The second kappa shape index (κ2) is 8.06. The maximum absolute atomic E-state index is 12.5. The zero-order chi connectivity index (χ0) is 16.1. The van der Waals surface area contributed by atoms with E-state index in [1.807, 2.05) is 31.2 Å². The van der Waals surface area contributed by atoms with Gasteiger partial charge in [0.1, 0.15) is 5.75 Å². The van der Waals surface area contributed by atoms with Crippen LogP contribution in [0.25, 0.3) is 0 Å². The minimum atomic E-state index is -0.960. The molecular formula is C18H23NO2S2. The number of rotatable bonds is 7. The van der Waals surface area contributed by atoms with Gasteiger partial charge in [0, 0.05) is 27.7 Å². The molecule has 0 unspecified atom stereocenters. The van der Waals surface area contributed by atoms with Gasteiger partial charge < -0.3 is 4.74 Å². The highest BCUT2D eigenvalue weighted by molar-refractivity contribution is 7.83. The van der Waals surface area contributed by atoms with Crippen LogP contribution in [0.4, 0.5) is 0 Å². The molecule has 1 aromatic heterocycles. The van der Waals surface area contributed by atoms with E-state index in [2.05, 4.69) is 5.38 Å². The topological polar surface area (TPSA) is 39.2 Å². The van der Waals surface area contributed by atoms with Crippen LogP contribution in [0.5, 0.6) is 5.75 Å². The van der Waals surface area contributed by atoms with Gasteiger partial charge >= 0.3 is 0 Å². The average Bonchev–Trinajstić information content (AvgIpc) is 3.20. The lowest BCUT2D eigenvalue weighted by atomic mass is 10.1. The molecule has 1 fully saturated rings. The summed E-state index contributed by atoms with van der Waals surface area (Å²) in [5, 5.41) is 3.32. The molecule has 23 heavy (non-hydrogen) atoms. The molecule has 1 aliphatic rings. The lowest BCUT2D eigenvalue weighted by molar-refractivity contribution is 0.337. The van der Waals surface area contributed by atoms with Crippen LogP contribution < -0.4 is 4.74 Å². The predicted octanol–water partition coefficient (Wildman–Crippen LogP) is 4.65. The van der Waals surface area contributed by atoms with Gasteiger partial charge in [0.2, 0.25) is 0 Å². The van der Waals surface area contributed by atoms with E-state index in [-0.39, 0.29) is 0 Å². The maximum atomic E-state index is 12.5. The van der Waals surface area contributed by atoms with Crippen molar-refractivity contribution in [3.8, 4) is 5.75 Å². The largest absolute Gasteiger partial charge is 0.494 e. The van der Waals surface area contributed by atoms with Gasteiger partial charge in [-0.15, -0.1) is 11.3 Å². The monoisotopic (exact) mass is 349 g/mol. The molecule has 3 nitrogen and oxygen atoms in total. The Hall–Kier alpha value is -1.20.